The Morgan fingerprint density at radius 2 is 2.44 bits per heavy atom. The Hall–Kier alpha value is -1.32. The molecule has 0 saturated carbocycles. The van der Waals surface area contributed by atoms with E-state index in [-0.39, 0.29) is 27.8 Å². The van der Waals surface area contributed by atoms with E-state index in [2.05, 4.69) is 22.6 Å². The van der Waals surface area contributed by atoms with Crippen LogP contribution in [0, 0.1) is 11.3 Å². The van der Waals surface area contributed by atoms with E-state index in [0.29, 0.717) is 13.0 Å². The van der Waals surface area contributed by atoms with Crippen LogP contribution >= 0.6 is 24.2 Å². The molecule has 1 aromatic heterocycles. The summed E-state index contributed by atoms with van der Waals surface area (Å²) in [5.41, 5.74) is 0.236. The number of hydrogen-bond acceptors (Lipinski definition) is 5. The fourth-order valence-corrected chi connectivity index (χ4v) is 1.98. The highest BCUT2D eigenvalue weighted by Gasteiger charge is 2.31. The number of nitrogens with zero attached hydrogens (tertiary/aromatic N) is 4. The van der Waals surface area contributed by atoms with Crippen molar-refractivity contribution in [3.05, 3.63) is 17.0 Å². The van der Waals surface area contributed by atoms with Gasteiger partial charge >= 0.3 is 0 Å². The minimum absolute atomic E-state index is 0.0180. The van der Waals surface area contributed by atoms with Crippen molar-refractivity contribution in [1.82, 2.24) is 9.97 Å². The minimum Gasteiger partial charge on any atom is -0.294 e. The van der Waals surface area contributed by atoms with Gasteiger partial charge in [0.2, 0.25) is 11.2 Å². The molecule has 7 heteroatoms. The van der Waals surface area contributed by atoms with E-state index in [0.717, 1.165) is 0 Å². The quantitative estimate of drug-likeness (QED) is 0.600. The maximum Gasteiger partial charge on any atom is 0.229 e. The van der Waals surface area contributed by atoms with Crippen LogP contribution in [-0.4, -0.2) is 27.7 Å². The van der Waals surface area contributed by atoms with E-state index < -0.39 is 0 Å². The van der Waals surface area contributed by atoms with Crippen LogP contribution in [-0.2, 0) is 4.79 Å². The Kier molecular flexibility index (Phi) is 2.99. The van der Waals surface area contributed by atoms with Crippen molar-refractivity contribution < 1.29 is 4.79 Å². The fourth-order valence-electron chi connectivity index (χ4n) is 1.53. The zero-order valence-corrected chi connectivity index (χ0v) is 9.74. The van der Waals surface area contributed by atoms with E-state index >= 15 is 0 Å². The molecule has 0 aromatic carbocycles. The van der Waals surface area contributed by atoms with Gasteiger partial charge in [-0.3, -0.25) is 9.69 Å². The third-order valence-electron chi connectivity index (χ3n) is 2.22. The smallest absolute Gasteiger partial charge is 0.229 e. The second-order valence-electron chi connectivity index (χ2n) is 3.35. The van der Waals surface area contributed by atoms with Crippen molar-refractivity contribution in [1.29, 1.82) is 5.26 Å². The number of aromatic nitrogens is 2. The van der Waals surface area contributed by atoms with Gasteiger partial charge in [-0.05, 0) is 11.6 Å². The molecule has 0 bridgehead atoms. The third kappa shape index (κ3) is 1.96. The van der Waals surface area contributed by atoms with Crippen molar-refractivity contribution in [3.63, 3.8) is 0 Å². The van der Waals surface area contributed by atoms with Gasteiger partial charge in [0.1, 0.15) is 11.6 Å². The molecule has 2 rings (SSSR count). The first-order chi connectivity index (χ1) is 7.61. The molecule has 82 valence electrons. The molecule has 0 aliphatic carbocycles. The Labute approximate surface area is 102 Å². The number of carbonyl (C=O) groups is 1. The molecular formula is C9H7ClN4OS. The predicted molar refractivity (Wildman–Crippen MR) is 61.5 cm³/mol. The Morgan fingerprint density at radius 1 is 1.69 bits per heavy atom. The molecule has 1 saturated heterocycles. The first kappa shape index (κ1) is 11.2. The molecule has 16 heavy (non-hydrogen) atoms. The van der Waals surface area contributed by atoms with Crippen molar-refractivity contribution in [3.8, 4) is 6.07 Å². The molecule has 1 aliphatic rings. The minimum atomic E-state index is -0.105. The number of amides is 1. The van der Waals surface area contributed by atoms with E-state index in [1.165, 1.54) is 11.1 Å². The van der Waals surface area contributed by atoms with E-state index in [9.17, 15) is 4.79 Å². The summed E-state index contributed by atoms with van der Waals surface area (Å²) in [7, 11) is 0. The molecule has 1 amide bonds. The fraction of sp³-hybridized carbons (Fsp3) is 0.333. The first-order valence-corrected chi connectivity index (χ1v) is 5.42. The number of nitriles is 1. The van der Waals surface area contributed by atoms with E-state index in [1.54, 1.807) is 0 Å². The third-order valence-corrected chi connectivity index (χ3v) is 2.75. The summed E-state index contributed by atoms with van der Waals surface area (Å²) in [4.78, 5) is 20.7. The summed E-state index contributed by atoms with van der Waals surface area (Å²) in [6, 6.07) is 1.93. The SMILES string of the molecule is N#Cc1cnc(Cl)nc1N1CC(S)CC1=O. The standard InChI is InChI=1S/C9H7ClN4OS/c10-9-12-3-5(2-11)8(13-9)14-4-6(16)1-7(14)15/h3,6,16H,1,4H2. The van der Waals surface area contributed by atoms with Crippen LogP contribution in [0.3, 0.4) is 0 Å². The van der Waals surface area contributed by atoms with Crippen molar-refractivity contribution in [2.75, 3.05) is 11.4 Å². The lowest BCUT2D eigenvalue weighted by molar-refractivity contribution is -0.117. The van der Waals surface area contributed by atoms with Gasteiger partial charge in [-0.2, -0.15) is 22.9 Å². The average Bonchev–Trinajstić information content (AvgIpc) is 2.57. The van der Waals surface area contributed by atoms with Crippen LogP contribution in [0.2, 0.25) is 5.28 Å². The van der Waals surface area contributed by atoms with Crippen LogP contribution in [0.5, 0.6) is 0 Å². The maximum atomic E-state index is 11.6. The summed E-state index contributed by atoms with van der Waals surface area (Å²) in [5, 5.41) is 8.88. The van der Waals surface area contributed by atoms with Gasteiger partial charge in [0.15, 0.2) is 5.82 Å². The number of thiol groups is 1. The molecule has 2 heterocycles. The Morgan fingerprint density at radius 3 is 3.00 bits per heavy atom. The number of hydrogen-bond donors (Lipinski definition) is 1. The highest BCUT2D eigenvalue weighted by molar-refractivity contribution is 7.81. The molecule has 1 fully saturated rings. The maximum absolute atomic E-state index is 11.6. The molecule has 0 spiro atoms. The highest BCUT2D eigenvalue weighted by Crippen LogP contribution is 2.25. The van der Waals surface area contributed by atoms with E-state index in [4.69, 9.17) is 16.9 Å². The van der Waals surface area contributed by atoms with Crippen molar-refractivity contribution >= 4 is 36.0 Å². The molecule has 1 unspecified atom stereocenters. The summed E-state index contributed by atoms with van der Waals surface area (Å²) in [6.07, 6.45) is 1.65. The number of rotatable bonds is 1. The Bertz CT molecular complexity index is 487. The van der Waals surface area contributed by atoms with Crippen molar-refractivity contribution in [2.24, 2.45) is 0 Å². The van der Waals surface area contributed by atoms with Gasteiger partial charge in [-0.15, -0.1) is 0 Å². The second-order valence-corrected chi connectivity index (χ2v) is 4.42. The molecule has 1 aromatic rings. The zero-order valence-electron chi connectivity index (χ0n) is 8.09. The van der Waals surface area contributed by atoms with Crippen LogP contribution in [0.15, 0.2) is 6.20 Å². The lowest BCUT2D eigenvalue weighted by Crippen LogP contribution is -2.26. The van der Waals surface area contributed by atoms with E-state index in [1.807, 2.05) is 6.07 Å². The van der Waals surface area contributed by atoms with Gasteiger partial charge in [0.25, 0.3) is 0 Å². The molecule has 5 nitrogen and oxygen atoms in total. The number of halogens is 1. The van der Waals surface area contributed by atoms with Gasteiger partial charge in [0, 0.05) is 18.2 Å². The van der Waals surface area contributed by atoms with Crippen molar-refractivity contribution in [2.45, 2.75) is 11.7 Å². The first-order valence-electron chi connectivity index (χ1n) is 4.53. The molecule has 1 aliphatic heterocycles. The van der Waals surface area contributed by atoms with Crippen LogP contribution < -0.4 is 4.90 Å². The molecule has 0 radical (unpaired) electrons. The summed E-state index contributed by atoms with van der Waals surface area (Å²) >= 11 is 9.88. The monoisotopic (exact) mass is 254 g/mol. The predicted octanol–water partition coefficient (Wildman–Crippen LogP) is 1.04. The second kappa shape index (κ2) is 4.28. The lowest BCUT2D eigenvalue weighted by Gasteiger charge is -2.15. The lowest BCUT2D eigenvalue weighted by atomic mass is 10.3. The van der Waals surface area contributed by atoms with Gasteiger partial charge < -0.3 is 0 Å². The molecule has 0 N–H and O–H groups in total. The summed E-state index contributed by atoms with van der Waals surface area (Å²) < 4.78 is 0. The molecule has 1 atom stereocenters. The van der Waals surface area contributed by atoms with Crippen LogP contribution in [0.1, 0.15) is 12.0 Å². The van der Waals surface area contributed by atoms with Gasteiger partial charge in [-0.1, -0.05) is 0 Å². The topological polar surface area (TPSA) is 69.9 Å². The van der Waals surface area contributed by atoms with Crippen LogP contribution in [0.25, 0.3) is 0 Å². The average molecular weight is 255 g/mol. The normalized spacial score (nSPS) is 19.9. The Balaban J connectivity index is 2.44. The number of anilines is 1. The summed E-state index contributed by atoms with van der Waals surface area (Å²) in [5.74, 6) is 0.162. The zero-order chi connectivity index (χ0) is 11.7. The van der Waals surface area contributed by atoms with Gasteiger partial charge in [-0.25, -0.2) is 4.98 Å². The number of carbonyl (C=O) groups excluding carboxylic acids is 1. The van der Waals surface area contributed by atoms with Gasteiger partial charge in [0.05, 0.1) is 6.20 Å². The summed E-state index contributed by atoms with van der Waals surface area (Å²) in [6.45, 7) is 0.434. The largest absolute Gasteiger partial charge is 0.294 e. The molecular weight excluding hydrogens is 248 g/mol. The highest BCUT2D eigenvalue weighted by atomic mass is 35.5. The van der Waals surface area contributed by atoms with Crippen LogP contribution in [0.4, 0.5) is 5.82 Å².